The normalized spacial score (nSPS) is 20.6. The first-order valence-corrected chi connectivity index (χ1v) is 7.85. The lowest BCUT2D eigenvalue weighted by atomic mass is 9.85. The molecular formula is C17H23ClN4O. The van der Waals surface area contributed by atoms with Crippen molar-refractivity contribution in [2.45, 2.75) is 38.3 Å². The van der Waals surface area contributed by atoms with Crippen molar-refractivity contribution in [1.29, 1.82) is 0 Å². The highest BCUT2D eigenvalue weighted by Gasteiger charge is 2.25. The minimum absolute atomic E-state index is 0. The van der Waals surface area contributed by atoms with Crippen LogP contribution in [0.5, 0.6) is 0 Å². The molecule has 0 bridgehead atoms. The van der Waals surface area contributed by atoms with E-state index in [2.05, 4.69) is 10.4 Å². The van der Waals surface area contributed by atoms with E-state index in [0.29, 0.717) is 6.54 Å². The second-order valence-electron chi connectivity index (χ2n) is 5.92. The molecule has 1 fully saturated rings. The Morgan fingerprint density at radius 1 is 1.30 bits per heavy atom. The molecule has 5 nitrogen and oxygen atoms in total. The molecule has 1 saturated carbocycles. The topological polar surface area (TPSA) is 72.9 Å². The molecule has 0 aliphatic heterocycles. The Morgan fingerprint density at radius 3 is 2.87 bits per heavy atom. The van der Waals surface area contributed by atoms with Gasteiger partial charge in [-0.25, -0.2) is 4.68 Å². The van der Waals surface area contributed by atoms with Gasteiger partial charge >= 0.3 is 0 Å². The number of nitrogens with zero attached hydrogens (tertiary/aromatic N) is 2. The smallest absolute Gasteiger partial charge is 0.223 e. The van der Waals surface area contributed by atoms with E-state index in [9.17, 15) is 4.79 Å². The quantitative estimate of drug-likeness (QED) is 0.902. The van der Waals surface area contributed by atoms with Gasteiger partial charge in [0.25, 0.3) is 0 Å². The number of halogens is 1. The molecule has 0 radical (unpaired) electrons. The van der Waals surface area contributed by atoms with Crippen LogP contribution < -0.4 is 11.1 Å². The number of aromatic nitrogens is 2. The Bertz CT molecular complexity index is 629. The fraction of sp³-hybridized carbons (Fsp3) is 0.412. The van der Waals surface area contributed by atoms with Crippen molar-refractivity contribution in [3.05, 3.63) is 48.3 Å². The summed E-state index contributed by atoms with van der Waals surface area (Å²) in [5.41, 5.74) is 8.02. The number of benzene rings is 1. The van der Waals surface area contributed by atoms with Crippen LogP contribution in [0.25, 0.3) is 5.69 Å². The lowest BCUT2D eigenvalue weighted by Gasteiger charge is -2.25. The molecule has 2 aromatic rings. The maximum atomic E-state index is 12.3. The maximum Gasteiger partial charge on any atom is 0.223 e. The first kappa shape index (κ1) is 17.5. The third-order valence-electron chi connectivity index (χ3n) is 4.28. The van der Waals surface area contributed by atoms with Gasteiger partial charge in [-0.15, -0.1) is 12.4 Å². The van der Waals surface area contributed by atoms with Crippen LogP contribution in [0.4, 0.5) is 0 Å². The zero-order valence-electron chi connectivity index (χ0n) is 13.0. The summed E-state index contributed by atoms with van der Waals surface area (Å²) >= 11 is 0. The Labute approximate surface area is 142 Å². The number of carbonyl (C=O) groups is 1. The standard InChI is InChI=1S/C17H22N4O.ClH/c18-15-7-3-6-13(11-15)17(22)19-12-14-5-1-2-8-16(14)21-10-4-9-20-21;/h1-2,4-5,8-10,13,15H,3,6-7,11-12,18H2,(H,19,22);1H. The highest BCUT2D eigenvalue weighted by atomic mass is 35.5. The molecule has 0 saturated heterocycles. The predicted octanol–water partition coefficient (Wildman–Crippen LogP) is 2.43. The van der Waals surface area contributed by atoms with Crippen molar-refractivity contribution < 1.29 is 4.79 Å². The molecule has 1 aliphatic rings. The summed E-state index contributed by atoms with van der Waals surface area (Å²) in [6, 6.07) is 10.0. The molecule has 1 aromatic heterocycles. The van der Waals surface area contributed by atoms with Crippen LogP contribution in [0, 0.1) is 5.92 Å². The number of para-hydroxylation sites is 1. The van der Waals surface area contributed by atoms with Gasteiger partial charge in [0.05, 0.1) is 5.69 Å². The van der Waals surface area contributed by atoms with Crippen molar-refractivity contribution in [3.63, 3.8) is 0 Å². The molecule has 2 unspecified atom stereocenters. The average Bonchev–Trinajstić information content (AvgIpc) is 3.07. The van der Waals surface area contributed by atoms with Crippen LogP contribution >= 0.6 is 12.4 Å². The summed E-state index contributed by atoms with van der Waals surface area (Å²) in [6.45, 7) is 0.514. The lowest BCUT2D eigenvalue weighted by molar-refractivity contribution is -0.126. The van der Waals surface area contributed by atoms with Gasteiger partial charge in [0.15, 0.2) is 0 Å². The molecule has 0 spiro atoms. The van der Waals surface area contributed by atoms with Crippen molar-refractivity contribution in [2.24, 2.45) is 11.7 Å². The van der Waals surface area contributed by atoms with Gasteiger partial charge in [-0.3, -0.25) is 4.79 Å². The van der Waals surface area contributed by atoms with Crippen LogP contribution in [-0.4, -0.2) is 21.7 Å². The Hall–Kier alpha value is -1.85. The summed E-state index contributed by atoms with van der Waals surface area (Å²) in [7, 11) is 0. The monoisotopic (exact) mass is 334 g/mol. The summed E-state index contributed by atoms with van der Waals surface area (Å²) in [5, 5.41) is 7.32. The van der Waals surface area contributed by atoms with Gasteiger partial charge < -0.3 is 11.1 Å². The van der Waals surface area contributed by atoms with E-state index in [1.807, 2.05) is 41.2 Å². The Morgan fingerprint density at radius 2 is 2.13 bits per heavy atom. The van der Waals surface area contributed by atoms with Gasteiger partial charge in [-0.2, -0.15) is 5.10 Å². The molecule has 6 heteroatoms. The molecule has 23 heavy (non-hydrogen) atoms. The number of hydrogen-bond acceptors (Lipinski definition) is 3. The summed E-state index contributed by atoms with van der Waals surface area (Å²) in [6.07, 6.45) is 7.47. The summed E-state index contributed by atoms with van der Waals surface area (Å²) in [4.78, 5) is 12.3. The van der Waals surface area contributed by atoms with Gasteiger partial charge in [-0.05, 0) is 37.0 Å². The van der Waals surface area contributed by atoms with Crippen LogP contribution in [0.15, 0.2) is 42.7 Å². The third-order valence-corrected chi connectivity index (χ3v) is 4.28. The molecule has 1 aliphatic carbocycles. The molecule has 1 aromatic carbocycles. The number of nitrogens with one attached hydrogen (secondary N) is 1. The molecule has 1 amide bonds. The van der Waals surface area contributed by atoms with Crippen LogP contribution in [0.1, 0.15) is 31.2 Å². The highest BCUT2D eigenvalue weighted by molar-refractivity contribution is 5.85. The van der Waals surface area contributed by atoms with Gasteiger partial charge in [0.1, 0.15) is 0 Å². The minimum atomic E-state index is 0. The van der Waals surface area contributed by atoms with E-state index >= 15 is 0 Å². The van der Waals surface area contributed by atoms with E-state index < -0.39 is 0 Å². The zero-order valence-corrected chi connectivity index (χ0v) is 13.8. The van der Waals surface area contributed by atoms with Crippen LogP contribution in [0.3, 0.4) is 0 Å². The van der Waals surface area contributed by atoms with E-state index in [0.717, 1.165) is 36.9 Å². The first-order chi connectivity index (χ1) is 10.7. The number of carbonyl (C=O) groups excluding carboxylic acids is 1. The molecule has 2 atom stereocenters. The Balaban J connectivity index is 0.00000192. The van der Waals surface area contributed by atoms with Crippen LogP contribution in [-0.2, 0) is 11.3 Å². The number of hydrogen-bond donors (Lipinski definition) is 2. The van der Waals surface area contributed by atoms with Crippen molar-refractivity contribution >= 4 is 18.3 Å². The van der Waals surface area contributed by atoms with Crippen molar-refractivity contribution in [1.82, 2.24) is 15.1 Å². The van der Waals surface area contributed by atoms with Crippen molar-refractivity contribution in [3.8, 4) is 5.69 Å². The lowest BCUT2D eigenvalue weighted by Crippen LogP contribution is -2.37. The first-order valence-electron chi connectivity index (χ1n) is 7.85. The molecular weight excluding hydrogens is 312 g/mol. The van der Waals surface area contributed by atoms with E-state index in [-0.39, 0.29) is 30.3 Å². The van der Waals surface area contributed by atoms with E-state index in [4.69, 9.17) is 5.73 Å². The second-order valence-corrected chi connectivity index (χ2v) is 5.92. The average molecular weight is 335 g/mol. The predicted molar refractivity (Wildman–Crippen MR) is 92.6 cm³/mol. The zero-order chi connectivity index (χ0) is 15.4. The van der Waals surface area contributed by atoms with Crippen LogP contribution in [0.2, 0.25) is 0 Å². The Kier molecular flexibility index (Phi) is 6.19. The maximum absolute atomic E-state index is 12.3. The van der Waals surface area contributed by atoms with E-state index in [1.54, 1.807) is 6.20 Å². The van der Waals surface area contributed by atoms with Gasteiger partial charge in [-0.1, -0.05) is 24.6 Å². The SMILES string of the molecule is Cl.NC1CCCC(C(=O)NCc2ccccc2-n2cccn2)C1. The number of nitrogens with two attached hydrogens (primary N) is 1. The minimum Gasteiger partial charge on any atom is -0.352 e. The molecule has 124 valence electrons. The summed E-state index contributed by atoms with van der Waals surface area (Å²) < 4.78 is 1.82. The molecule has 3 rings (SSSR count). The summed E-state index contributed by atoms with van der Waals surface area (Å²) in [5.74, 6) is 0.172. The fourth-order valence-electron chi connectivity index (χ4n) is 3.09. The molecule has 1 heterocycles. The number of amides is 1. The van der Waals surface area contributed by atoms with Gasteiger partial charge in [0, 0.05) is 30.9 Å². The number of rotatable bonds is 4. The largest absolute Gasteiger partial charge is 0.352 e. The molecule has 3 N–H and O–H groups in total. The third kappa shape index (κ3) is 4.33. The highest BCUT2D eigenvalue weighted by Crippen LogP contribution is 2.23. The van der Waals surface area contributed by atoms with Crippen molar-refractivity contribution in [2.75, 3.05) is 0 Å². The van der Waals surface area contributed by atoms with Gasteiger partial charge in [0.2, 0.25) is 5.91 Å². The second kappa shape index (κ2) is 8.13. The van der Waals surface area contributed by atoms with E-state index in [1.165, 1.54) is 0 Å². The fourth-order valence-corrected chi connectivity index (χ4v) is 3.09.